The molecular weight excluding hydrogens is 188 g/mol. The van der Waals surface area contributed by atoms with Gasteiger partial charge >= 0.3 is 0 Å². The van der Waals surface area contributed by atoms with Gasteiger partial charge in [-0.3, -0.25) is 5.41 Å². The summed E-state index contributed by atoms with van der Waals surface area (Å²) in [5.41, 5.74) is 6.92. The normalized spacial score (nSPS) is 26.1. The molecule has 0 aromatic heterocycles. The molecule has 0 bridgehead atoms. The Hall–Kier alpha value is -1.81. The Morgan fingerprint density at radius 2 is 1.53 bits per heavy atom. The summed E-state index contributed by atoms with van der Waals surface area (Å²) in [5, 5.41) is 22.9. The standard InChI is InChI=1S/C11H12N4/c12-8-7(6-4-2-1-3-5-6)9(13)11(15)10(8)14/h1-5,7-8,13-15H,12H2. The van der Waals surface area contributed by atoms with Crippen LogP contribution in [-0.4, -0.2) is 23.2 Å². The summed E-state index contributed by atoms with van der Waals surface area (Å²) in [6, 6.07) is 8.86. The molecule has 1 aromatic carbocycles. The second kappa shape index (κ2) is 3.40. The first kappa shape index (κ1) is 9.73. The highest BCUT2D eigenvalue weighted by Crippen LogP contribution is 2.26. The van der Waals surface area contributed by atoms with Crippen LogP contribution in [0.25, 0.3) is 0 Å². The van der Waals surface area contributed by atoms with Gasteiger partial charge in [0, 0.05) is 5.92 Å². The number of hydrogen-bond donors (Lipinski definition) is 4. The molecule has 2 atom stereocenters. The summed E-state index contributed by atoms with van der Waals surface area (Å²) in [4.78, 5) is 0. The van der Waals surface area contributed by atoms with Gasteiger partial charge < -0.3 is 16.6 Å². The topological polar surface area (TPSA) is 97.6 Å². The maximum Gasteiger partial charge on any atom is 0.0979 e. The van der Waals surface area contributed by atoms with Gasteiger partial charge in [0.1, 0.15) is 0 Å². The van der Waals surface area contributed by atoms with Crippen molar-refractivity contribution in [3.05, 3.63) is 35.9 Å². The van der Waals surface area contributed by atoms with Crippen molar-refractivity contribution in [1.29, 1.82) is 16.2 Å². The molecule has 1 aliphatic carbocycles. The molecule has 1 aliphatic rings. The second-order valence-corrected chi connectivity index (χ2v) is 3.62. The lowest BCUT2D eigenvalue weighted by Crippen LogP contribution is -2.31. The molecule has 0 radical (unpaired) electrons. The Balaban J connectivity index is 2.43. The molecule has 2 rings (SSSR count). The van der Waals surface area contributed by atoms with E-state index in [4.69, 9.17) is 22.0 Å². The fraction of sp³-hybridized carbons (Fsp3) is 0.182. The Morgan fingerprint density at radius 1 is 0.933 bits per heavy atom. The zero-order valence-electron chi connectivity index (χ0n) is 8.12. The average molecular weight is 200 g/mol. The maximum atomic E-state index is 7.76. The van der Waals surface area contributed by atoms with Crippen molar-refractivity contribution in [1.82, 2.24) is 0 Å². The smallest absolute Gasteiger partial charge is 0.0979 e. The fourth-order valence-corrected chi connectivity index (χ4v) is 1.85. The first-order chi connectivity index (χ1) is 7.13. The molecule has 4 heteroatoms. The van der Waals surface area contributed by atoms with Gasteiger partial charge in [-0.05, 0) is 5.56 Å². The van der Waals surface area contributed by atoms with E-state index in [1.807, 2.05) is 30.3 Å². The summed E-state index contributed by atoms with van der Waals surface area (Å²) >= 11 is 0. The van der Waals surface area contributed by atoms with Crippen LogP contribution in [0.3, 0.4) is 0 Å². The van der Waals surface area contributed by atoms with Crippen molar-refractivity contribution in [3.63, 3.8) is 0 Å². The highest BCUT2D eigenvalue weighted by atomic mass is 14.8. The van der Waals surface area contributed by atoms with Gasteiger partial charge in [-0.2, -0.15) is 0 Å². The largest absolute Gasteiger partial charge is 0.322 e. The van der Waals surface area contributed by atoms with Gasteiger partial charge in [-0.1, -0.05) is 30.3 Å². The van der Waals surface area contributed by atoms with E-state index >= 15 is 0 Å². The van der Waals surface area contributed by atoms with Crippen LogP contribution in [0.5, 0.6) is 0 Å². The molecule has 1 saturated carbocycles. The van der Waals surface area contributed by atoms with Gasteiger partial charge in [0.2, 0.25) is 0 Å². The van der Waals surface area contributed by atoms with Gasteiger partial charge in [-0.15, -0.1) is 0 Å². The van der Waals surface area contributed by atoms with E-state index in [-0.39, 0.29) is 23.1 Å². The monoisotopic (exact) mass is 200 g/mol. The summed E-state index contributed by atoms with van der Waals surface area (Å²) in [6.07, 6.45) is 0. The minimum atomic E-state index is -0.549. The van der Waals surface area contributed by atoms with E-state index in [2.05, 4.69) is 0 Å². The van der Waals surface area contributed by atoms with Crippen LogP contribution in [0.4, 0.5) is 0 Å². The highest BCUT2D eigenvalue weighted by Gasteiger charge is 2.39. The molecule has 0 saturated heterocycles. The van der Waals surface area contributed by atoms with Crippen molar-refractivity contribution in [3.8, 4) is 0 Å². The van der Waals surface area contributed by atoms with Gasteiger partial charge in [0.15, 0.2) is 0 Å². The molecule has 4 nitrogen and oxygen atoms in total. The predicted molar refractivity (Wildman–Crippen MR) is 60.3 cm³/mol. The molecule has 0 spiro atoms. The number of hydrogen-bond acceptors (Lipinski definition) is 4. The lowest BCUT2D eigenvalue weighted by atomic mass is 9.93. The SMILES string of the molecule is N=C1C(=N)C(N)C(c2ccccc2)C1=N. The van der Waals surface area contributed by atoms with Crippen LogP contribution in [0.1, 0.15) is 11.5 Å². The molecule has 15 heavy (non-hydrogen) atoms. The summed E-state index contributed by atoms with van der Waals surface area (Å²) < 4.78 is 0. The predicted octanol–water partition coefficient (Wildman–Crippen LogP) is 1.17. The maximum absolute atomic E-state index is 7.76. The molecule has 5 N–H and O–H groups in total. The number of rotatable bonds is 1. The molecule has 0 heterocycles. The van der Waals surface area contributed by atoms with E-state index in [1.165, 1.54) is 0 Å². The van der Waals surface area contributed by atoms with Crippen molar-refractivity contribution in [2.24, 2.45) is 5.73 Å². The van der Waals surface area contributed by atoms with E-state index < -0.39 is 6.04 Å². The third-order valence-electron chi connectivity index (χ3n) is 2.70. The van der Waals surface area contributed by atoms with E-state index in [0.29, 0.717) is 0 Å². The van der Waals surface area contributed by atoms with Crippen LogP contribution in [-0.2, 0) is 0 Å². The van der Waals surface area contributed by atoms with Gasteiger partial charge in [0.25, 0.3) is 0 Å². The molecule has 0 amide bonds. The van der Waals surface area contributed by atoms with Crippen LogP contribution in [0, 0.1) is 16.2 Å². The Morgan fingerprint density at radius 3 is 2.00 bits per heavy atom. The van der Waals surface area contributed by atoms with Crippen LogP contribution < -0.4 is 5.73 Å². The average Bonchev–Trinajstić information content (AvgIpc) is 2.45. The van der Waals surface area contributed by atoms with Crippen LogP contribution in [0.2, 0.25) is 0 Å². The summed E-state index contributed by atoms with van der Waals surface area (Å²) in [7, 11) is 0. The molecular formula is C11H12N4. The highest BCUT2D eigenvalue weighted by molar-refractivity contribution is 6.72. The first-order valence-corrected chi connectivity index (χ1v) is 4.69. The molecule has 1 fully saturated rings. The van der Waals surface area contributed by atoms with Crippen LogP contribution in [0.15, 0.2) is 30.3 Å². The molecule has 0 aliphatic heterocycles. The van der Waals surface area contributed by atoms with E-state index in [9.17, 15) is 0 Å². The molecule has 1 aromatic rings. The Bertz CT molecular complexity index is 435. The molecule has 2 unspecified atom stereocenters. The Kier molecular flexibility index (Phi) is 2.21. The Labute approximate surface area is 87.6 Å². The number of nitrogens with one attached hydrogen (secondary N) is 3. The minimum Gasteiger partial charge on any atom is -0.322 e. The van der Waals surface area contributed by atoms with E-state index in [0.717, 1.165) is 5.56 Å². The number of nitrogens with two attached hydrogens (primary N) is 1. The zero-order chi connectivity index (χ0) is 11.0. The van der Waals surface area contributed by atoms with Gasteiger partial charge in [0.05, 0.1) is 23.2 Å². The van der Waals surface area contributed by atoms with Crippen molar-refractivity contribution >= 4 is 17.1 Å². The lowest BCUT2D eigenvalue weighted by Gasteiger charge is -2.14. The van der Waals surface area contributed by atoms with Crippen molar-refractivity contribution in [2.45, 2.75) is 12.0 Å². The third-order valence-corrected chi connectivity index (χ3v) is 2.70. The number of benzene rings is 1. The lowest BCUT2D eigenvalue weighted by molar-refractivity contribution is 0.805. The quantitative estimate of drug-likeness (QED) is 0.537. The van der Waals surface area contributed by atoms with Crippen molar-refractivity contribution in [2.75, 3.05) is 0 Å². The summed E-state index contributed by atoms with van der Waals surface area (Å²) in [5.74, 6) is -0.328. The van der Waals surface area contributed by atoms with E-state index in [1.54, 1.807) is 0 Å². The minimum absolute atomic E-state index is 0.0312. The zero-order valence-corrected chi connectivity index (χ0v) is 8.12. The van der Waals surface area contributed by atoms with Crippen LogP contribution >= 0.6 is 0 Å². The third kappa shape index (κ3) is 1.39. The summed E-state index contributed by atoms with van der Waals surface area (Å²) in [6.45, 7) is 0. The fourth-order valence-electron chi connectivity index (χ4n) is 1.85. The first-order valence-electron chi connectivity index (χ1n) is 4.69. The molecule has 76 valence electrons. The van der Waals surface area contributed by atoms with Crippen molar-refractivity contribution < 1.29 is 0 Å². The second-order valence-electron chi connectivity index (χ2n) is 3.62. The van der Waals surface area contributed by atoms with Gasteiger partial charge in [-0.25, -0.2) is 0 Å².